The van der Waals surface area contributed by atoms with Crippen molar-refractivity contribution >= 4 is 23.4 Å². The molecule has 21 heavy (non-hydrogen) atoms. The van der Waals surface area contributed by atoms with Crippen molar-refractivity contribution in [1.29, 1.82) is 0 Å². The van der Waals surface area contributed by atoms with E-state index < -0.39 is 17.7 Å². The maximum absolute atomic E-state index is 11.9. The summed E-state index contributed by atoms with van der Waals surface area (Å²) in [5.41, 5.74) is -0.0751. The Kier molecular flexibility index (Phi) is 3.79. The number of aromatic nitrogens is 3. The number of imidazole rings is 1. The molecule has 2 aromatic rings. The highest BCUT2D eigenvalue weighted by Crippen LogP contribution is 2.20. The van der Waals surface area contributed by atoms with Crippen LogP contribution in [0.3, 0.4) is 0 Å². The van der Waals surface area contributed by atoms with Crippen LogP contribution in [-0.4, -0.2) is 39.4 Å². The number of amides is 1. The van der Waals surface area contributed by atoms with Crippen LogP contribution in [0, 0.1) is 0 Å². The first-order valence-electron chi connectivity index (χ1n) is 6.22. The van der Waals surface area contributed by atoms with E-state index in [9.17, 15) is 9.59 Å². The number of rotatable bonds is 2. The van der Waals surface area contributed by atoms with E-state index in [1.807, 2.05) is 0 Å². The molecule has 0 bridgehead atoms. The molecule has 0 saturated heterocycles. The van der Waals surface area contributed by atoms with Gasteiger partial charge in [0.1, 0.15) is 11.2 Å². The fourth-order valence-electron chi connectivity index (χ4n) is 1.69. The molecule has 0 aliphatic carbocycles. The average Bonchev–Trinajstić information content (AvgIpc) is 2.83. The van der Waals surface area contributed by atoms with Crippen molar-refractivity contribution in [1.82, 2.24) is 14.6 Å². The molecule has 0 fully saturated rings. The van der Waals surface area contributed by atoms with Crippen LogP contribution in [0.5, 0.6) is 0 Å². The normalized spacial score (nSPS) is 11.2. The topological polar surface area (TPSA) is 94.8 Å². The van der Waals surface area contributed by atoms with Gasteiger partial charge in [-0.2, -0.15) is 5.10 Å². The molecule has 0 aromatic carbocycles. The van der Waals surface area contributed by atoms with Crippen molar-refractivity contribution in [3.8, 4) is 0 Å². The lowest BCUT2D eigenvalue weighted by molar-refractivity contribution is 0.0603. The second-order valence-electron chi connectivity index (χ2n) is 5.25. The van der Waals surface area contributed by atoms with E-state index in [0.29, 0.717) is 0 Å². The predicted molar refractivity (Wildman–Crippen MR) is 74.2 cm³/mol. The zero-order chi connectivity index (χ0) is 15.6. The molecule has 0 atom stereocenters. The Morgan fingerprint density at radius 3 is 2.67 bits per heavy atom. The third kappa shape index (κ3) is 3.28. The van der Waals surface area contributed by atoms with Crippen LogP contribution in [0.15, 0.2) is 18.6 Å². The summed E-state index contributed by atoms with van der Waals surface area (Å²) in [7, 11) is 1.25. The van der Waals surface area contributed by atoms with Crippen LogP contribution in [-0.2, 0) is 9.47 Å². The first-order valence-corrected chi connectivity index (χ1v) is 6.22. The number of methoxy groups -OCH3 is 1. The van der Waals surface area contributed by atoms with Gasteiger partial charge in [-0.1, -0.05) is 0 Å². The second kappa shape index (κ2) is 5.39. The van der Waals surface area contributed by atoms with Crippen LogP contribution in [0.2, 0.25) is 0 Å². The van der Waals surface area contributed by atoms with E-state index in [4.69, 9.17) is 9.47 Å². The number of nitrogens with one attached hydrogen (secondary N) is 1. The number of carbonyl (C=O) groups is 2. The Bertz CT molecular complexity index is 687. The fourth-order valence-corrected chi connectivity index (χ4v) is 1.69. The van der Waals surface area contributed by atoms with Gasteiger partial charge >= 0.3 is 12.1 Å². The summed E-state index contributed by atoms with van der Waals surface area (Å²) in [4.78, 5) is 27.8. The van der Waals surface area contributed by atoms with Crippen molar-refractivity contribution in [2.24, 2.45) is 0 Å². The number of fused-ring (bicyclic) bond motifs is 1. The number of hydrogen-bond donors (Lipinski definition) is 1. The van der Waals surface area contributed by atoms with Crippen LogP contribution >= 0.6 is 0 Å². The molecule has 2 heterocycles. The molecule has 1 amide bonds. The maximum Gasteiger partial charge on any atom is 0.412 e. The predicted octanol–water partition coefficient (Wildman–Crippen LogP) is 1.86. The van der Waals surface area contributed by atoms with Crippen molar-refractivity contribution in [2.75, 3.05) is 12.4 Å². The summed E-state index contributed by atoms with van der Waals surface area (Å²) < 4.78 is 11.3. The lowest BCUT2D eigenvalue weighted by Gasteiger charge is -2.20. The van der Waals surface area contributed by atoms with Gasteiger partial charge in [-0.15, -0.1) is 0 Å². The Morgan fingerprint density at radius 2 is 2.05 bits per heavy atom. The van der Waals surface area contributed by atoms with Gasteiger partial charge in [-0.05, 0) is 20.8 Å². The van der Waals surface area contributed by atoms with E-state index in [1.54, 1.807) is 27.0 Å². The van der Waals surface area contributed by atoms with Crippen molar-refractivity contribution < 1.29 is 19.1 Å². The minimum absolute atomic E-state index is 0.114. The highest BCUT2D eigenvalue weighted by atomic mass is 16.6. The van der Waals surface area contributed by atoms with Crippen molar-refractivity contribution in [3.63, 3.8) is 0 Å². The standard InChI is InChI=1S/C13H16N4O4/c1-13(2,3)21-12(19)16-8-7-15-17-6-5-14-10(17)9(8)11(18)20-4/h5-7H,1-4H3,(H,16,19). The lowest BCUT2D eigenvalue weighted by Crippen LogP contribution is -2.28. The zero-order valence-corrected chi connectivity index (χ0v) is 12.2. The Morgan fingerprint density at radius 1 is 1.33 bits per heavy atom. The van der Waals surface area contributed by atoms with Gasteiger partial charge in [-0.3, -0.25) is 5.32 Å². The fraction of sp³-hybridized carbons (Fsp3) is 0.385. The van der Waals surface area contributed by atoms with E-state index in [-0.39, 0.29) is 16.9 Å². The summed E-state index contributed by atoms with van der Waals surface area (Å²) in [6, 6.07) is 0. The molecule has 2 rings (SSSR count). The molecule has 112 valence electrons. The first-order chi connectivity index (χ1) is 9.81. The molecule has 0 saturated carbocycles. The van der Waals surface area contributed by atoms with Gasteiger partial charge in [0.2, 0.25) is 0 Å². The molecule has 0 unspecified atom stereocenters. The van der Waals surface area contributed by atoms with Gasteiger partial charge in [0.25, 0.3) is 0 Å². The number of nitrogens with zero attached hydrogens (tertiary/aromatic N) is 3. The van der Waals surface area contributed by atoms with Crippen LogP contribution in [0.4, 0.5) is 10.5 Å². The summed E-state index contributed by atoms with van der Waals surface area (Å²) in [5.74, 6) is -0.625. The van der Waals surface area contributed by atoms with Gasteiger partial charge in [0, 0.05) is 12.4 Å². The van der Waals surface area contributed by atoms with Gasteiger partial charge in [0.05, 0.1) is 19.0 Å². The third-order valence-electron chi connectivity index (χ3n) is 2.45. The Hall–Kier alpha value is -2.64. The van der Waals surface area contributed by atoms with Crippen LogP contribution in [0.1, 0.15) is 31.1 Å². The average molecular weight is 292 g/mol. The third-order valence-corrected chi connectivity index (χ3v) is 2.45. The van der Waals surface area contributed by atoms with Gasteiger partial charge < -0.3 is 9.47 Å². The summed E-state index contributed by atoms with van der Waals surface area (Å²) in [5, 5.41) is 6.53. The molecule has 0 spiro atoms. The zero-order valence-electron chi connectivity index (χ0n) is 12.2. The van der Waals surface area contributed by atoms with Crippen LogP contribution in [0.25, 0.3) is 5.65 Å². The van der Waals surface area contributed by atoms with E-state index in [2.05, 4.69) is 15.4 Å². The summed E-state index contributed by atoms with van der Waals surface area (Å²) in [6.45, 7) is 5.22. The first kappa shape index (κ1) is 14.8. The number of esters is 1. The van der Waals surface area contributed by atoms with E-state index in [0.717, 1.165) is 0 Å². The monoisotopic (exact) mass is 292 g/mol. The molecule has 8 nitrogen and oxygen atoms in total. The highest BCUT2D eigenvalue weighted by Gasteiger charge is 2.22. The molecule has 8 heteroatoms. The smallest absolute Gasteiger partial charge is 0.412 e. The Labute approximate surface area is 121 Å². The second-order valence-corrected chi connectivity index (χ2v) is 5.25. The summed E-state index contributed by atoms with van der Waals surface area (Å²) in [6.07, 6.45) is 3.72. The van der Waals surface area contributed by atoms with Crippen molar-refractivity contribution in [3.05, 3.63) is 24.2 Å². The van der Waals surface area contributed by atoms with E-state index in [1.165, 1.54) is 24.0 Å². The molecule has 2 aromatic heterocycles. The number of carbonyl (C=O) groups excluding carboxylic acids is 2. The quantitative estimate of drug-likeness (QED) is 0.849. The number of anilines is 1. The minimum Gasteiger partial charge on any atom is -0.465 e. The lowest BCUT2D eigenvalue weighted by atomic mass is 10.2. The summed E-state index contributed by atoms with van der Waals surface area (Å²) >= 11 is 0. The minimum atomic E-state index is -0.689. The number of ether oxygens (including phenoxy) is 2. The molecular formula is C13H16N4O4. The molecule has 0 aliphatic rings. The Balaban J connectivity index is 2.39. The molecular weight excluding hydrogens is 276 g/mol. The van der Waals surface area contributed by atoms with E-state index >= 15 is 0 Å². The van der Waals surface area contributed by atoms with Gasteiger partial charge in [0.15, 0.2) is 5.65 Å². The SMILES string of the molecule is COC(=O)c1c(NC(=O)OC(C)(C)C)cnn2ccnc12. The molecule has 1 N–H and O–H groups in total. The van der Waals surface area contributed by atoms with Crippen LogP contribution < -0.4 is 5.32 Å². The molecule has 0 aliphatic heterocycles. The highest BCUT2D eigenvalue weighted by molar-refractivity contribution is 6.04. The number of hydrogen-bond acceptors (Lipinski definition) is 6. The molecule has 0 radical (unpaired) electrons. The maximum atomic E-state index is 11.9. The largest absolute Gasteiger partial charge is 0.465 e. The van der Waals surface area contributed by atoms with Gasteiger partial charge in [-0.25, -0.2) is 19.1 Å². The van der Waals surface area contributed by atoms with Crippen molar-refractivity contribution in [2.45, 2.75) is 26.4 Å².